The van der Waals surface area contributed by atoms with Gasteiger partial charge in [-0.25, -0.2) is 9.59 Å². The fourth-order valence-electron chi connectivity index (χ4n) is 2.46. The van der Waals surface area contributed by atoms with E-state index in [2.05, 4.69) is 30.1 Å². The second-order valence-electron chi connectivity index (χ2n) is 5.44. The zero-order valence-electron chi connectivity index (χ0n) is 14.9. The Bertz CT molecular complexity index is 768. The number of nitrogens with zero attached hydrogens (tertiary/aromatic N) is 3. The monoisotopic (exact) mass is 369 g/mol. The maximum Gasteiger partial charge on any atom is 0.411 e. The maximum absolute atomic E-state index is 11.3. The van der Waals surface area contributed by atoms with E-state index in [1.807, 2.05) is 24.3 Å². The molecule has 0 atom stereocenters. The predicted molar refractivity (Wildman–Crippen MR) is 101 cm³/mol. The van der Waals surface area contributed by atoms with Crippen LogP contribution >= 0.6 is 0 Å². The average Bonchev–Trinajstić information content (AvgIpc) is 2.70. The Labute approximate surface area is 155 Å². The van der Waals surface area contributed by atoms with Gasteiger partial charge < -0.3 is 9.47 Å². The summed E-state index contributed by atoms with van der Waals surface area (Å²) in [6.45, 7) is 0.226. The summed E-state index contributed by atoms with van der Waals surface area (Å²) in [5.41, 5.74) is 11.7. The Kier molecular flexibility index (Phi) is 7.04. The molecule has 0 fully saturated rings. The molecule has 0 saturated heterocycles. The van der Waals surface area contributed by atoms with Crippen molar-refractivity contribution in [1.82, 2.24) is 0 Å². The van der Waals surface area contributed by atoms with Crippen molar-refractivity contribution in [3.8, 4) is 0 Å². The van der Waals surface area contributed by atoms with Crippen LogP contribution in [0.15, 0.2) is 53.6 Å². The van der Waals surface area contributed by atoms with Crippen LogP contribution in [0.5, 0.6) is 0 Å². The molecule has 0 unspecified atom stereocenters. The molecule has 9 heteroatoms. The maximum atomic E-state index is 11.3. The van der Waals surface area contributed by atoms with Crippen LogP contribution < -0.4 is 10.6 Å². The van der Waals surface area contributed by atoms with E-state index >= 15 is 0 Å². The Hall–Kier alpha value is -3.71. The number of methoxy groups -OCH3 is 2. The minimum atomic E-state index is -0.554. The highest BCUT2D eigenvalue weighted by Crippen LogP contribution is 2.27. The van der Waals surface area contributed by atoms with Gasteiger partial charge in [-0.3, -0.25) is 10.6 Å². The average molecular weight is 369 g/mol. The summed E-state index contributed by atoms with van der Waals surface area (Å²) in [6, 6.07) is 14.3. The van der Waals surface area contributed by atoms with Gasteiger partial charge in [-0.1, -0.05) is 29.4 Å². The van der Waals surface area contributed by atoms with Crippen LogP contribution in [0.4, 0.5) is 21.0 Å². The molecule has 0 radical (unpaired) electrons. The molecule has 2 aromatic carbocycles. The lowest BCUT2D eigenvalue weighted by atomic mass is 9.91. The van der Waals surface area contributed by atoms with Crippen LogP contribution in [-0.2, 0) is 9.47 Å². The highest BCUT2D eigenvalue weighted by molar-refractivity contribution is 5.85. The van der Waals surface area contributed by atoms with Crippen LogP contribution in [0.3, 0.4) is 0 Å². The standard InChI is InChI=1S/C18H19N5O4/c1-26-17(24)21-14-7-3-12(4-8-14)16(11-20-23-19)13-5-9-15(10-6-13)22-18(25)27-2/h3-10,16H,11H2,1-2H3,(H,21,24)(H,22,25). The number of nitrogens with one attached hydrogen (secondary N) is 2. The molecule has 2 rings (SSSR count). The van der Waals surface area contributed by atoms with Crippen LogP contribution in [0.25, 0.3) is 10.4 Å². The number of rotatable bonds is 6. The molecular weight excluding hydrogens is 350 g/mol. The van der Waals surface area contributed by atoms with Crippen molar-refractivity contribution >= 4 is 23.6 Å². The highest BCUT2D eigenvalue weighted by Gasteiger charge is 2.14. The largest absolute Gasteiger partial charge is 0.453 e. The van der Waals surface area contributed by atoms with E-state index in [1.165, 1.54) is 14.2 Å². The van der Waals surface area contributed by atoms with Crippen LogP contribution in [-0.4, -0.2) is 33.0 Å². The van der Waals surface area contributed by atoms with Gasteiger partial charge in [0.2, 0.25) is 0 Å². The van der Waals surface area contributed by atoms with Crippen LogP contribution in [0, 0.1) is 0 Å². The minimum absolute atomic E-state index is 0.180. The summed E-state index contributed by atoms with van der Waals surface area (Å²) >= 11 is 0. The third-order valence-corrected chi connectivity index (χ3v) is 3.82. The van der Waals surface area contributed by atoms with Gasteiger partial charge in [0.15, 0.2) is 0 Å². The fraction of sp³-hybridized carbons (Fsp3) is 0.222. The van der Waals surface area contributed by atoms with Gasteiger partial charge in [-0.2, -0.15) is 0 Å². The van der Waals surface area contributed by atoms with Crippen molar-refractivity contribution in [3.05, 3.63) is 70.1 Å². The van der Waals surface area contributed by atoms with E-state index in [-0.39, 0.29) is 12.5 Å². The van der Waals surface area contributed by atoms with Gasteiger partial charge in [0, 0.05) is 28.7 Å². The van der Waals surface area contributed by atoms with Crippen molar-refractivity contribution in [2.75, 3.05) is 31.4 Å². The SMILES string of the molecule is COC(=O)Nc1ccc(C(CN=[N+]=[N-])c2ccc(NC(=O)OC)cc2)cc1. The number of carbonyl (C=O) groups is 2. The van der Waals surface area contributed by atoms with Gasteiger partial charge in [-0.15, -0.1) is 0 Å². The molecule has 0 aliphatic carbocycles. The van der Waals surface area contributed by atoms with E-state index in [9.17, 15) is 9.59 Å². The number of azide groups is 1. The highest BCUT2D eigenvalue weighted by atomic mass is 16.5. The minimum Gasteiger partial charge on any atom is -0.453 e. The molecule has 0 heterocycles. The van der Waals surface area contributed by atoms with E-state index in [0.29, 0.717) is 11.4 Å². The first-order valence-electron chi connectivity index (χ1n) is 7.98. The number of amides is 2. The molecule has 2 N–H and O–H groups in total. The lowest BCUT2D eigenvalue weighted by Crippen LogP contribution is -2.12. The van der Waals surface area contributed by atoms with Crippen LogP contribution in [0.1, 0.15) is 17.0 Å². The molecule has 27 heavy (non-hydrogen) atoms. The zero-order valence-corrected chi connectivity index (χ0v) is 14.9. The third-order valence-electron chi connectivity index (χ3n) is 3.82. The van der Waals surface area contributed by atoms with E-state index in [1.54, 1.807) is 24.3 Å². The first-order valence-corrected chi connectivity index (χ1v) is 7.98. The number of hydrogen-bond acceptors (Lipinski definition) is 5. The van der Waals surface area contributed by atoms with Crippen molar-refractivity contribution in [2.24, 2.45) is 5.11 Å². The quantitative estimate of drug-likeness (QED) is 0.442. The number of benzene rings is 2. The molecule has 2 aromatic rings. The second kappa shape index (κ2) is 9.69. The zero-order chi connectivity index (χ0) is 19.6. The molecule has 0 bridgehead atoms. The number of ether oxygens (including phenoxy) is 2. The molecule has 0 aromatic heterocycles. The predicted octanol–water partition coefficient (Wildman–Crippen LogP) is 4.49. The second-order valence-corrected chi connectivity index (χ2v) is 5.44. The Morgan fingerprint density at radius 1 is 0.926 bits per heavy atom. The van der Waals surface area contributed by atoms with E-state index < -0.39 is 12.2 Å². The molecule has 9 nitrogen and oxygen atoms in total. The van der Waals surface area contributed by atoms with Crippen molar-refractivity contribution < 1.29 is 19.1 Å². The molecule has 0 spiro atoms. The van der Waals surface area contributed by atoms with Crippen molar-refractivity contribution in [2.45, 2.75) is 5.92 Å². The molecular formula is C18H19N5O4. The smallest absolute Gasteiger partial charge is 0.411 e. The number of hydrogen-bond donors (Lipinski definition) is 2. The normalized spacial score (nSPS) is 9.89. The molecule has 2 amide bonds. The molecule has 0 saturated carbocycles. The lowest BCUT2D eigenvalue weighted by molar-refractivity contribution is 0.186. The summed E-state index contributed by atoms with van der Waals surface area (Å²) in [6.07, 6.45) is -1.11. The third kappa shape index (κ3) is 5.65. The number of carbonyl (C=O) groups excluding carboxylic acids is 2. The summed E-state index contributed by atoms with van der Waals surface area (Å²) in [5.74, 6) is -0.180. The Morgan fingerprint density at radius 2 is 1.33 bits per heavy atom. The Morgan fingerprint density at radius 3 is 1.67 bits per heavy atom. The summed E-state index contributed by atoms with van der Waals surface area (Å²) in [5, 5.41) is 8.85. The molecule has 0 aliphatic heterocycles. The van der Waals surface area contributed by atoms with Crippen molar-refractivity contribution in [1.29, 1.82) is 0 Å². The summed E-state index contributed by atoms with van der Waals surface area (Å²) in [7, 11) is 2.58. The summed E-state index contributed by atoms with van der Waals surface area (Å²) < 4.78 is 9.11. The van der Waals surface area contributed by atoms with Gasteiger partial charge >= 0.3 is 12.2 Å². The molecule has 140 valence electrons. The topological polar surface area (TPSA) is 125 Å². The van der Waals surface area contributed by atoms with Crippen LogP contribution in [0.2, 0.25) is 0 Å². The fourth-order valence-corrected chi connectivity index (χ4v) is 2.46. The van der Waals surface area contributed by atoms with Gasteiger partial charge in [0.25, 0.3) is 0 Å². The van der Waals surface area contributed by atoms with Gasteiger partial charge in [0.05, 0.1) is 14.2 Å². The lowest BCUT2D eigenvalue weighted by Gasteiger charge is -2.17. The van der Waals surface area contributed by atoms with Gasteiger partial charge in [0.1, 0.15) is 0 Å². The first kappa shape index (κ1) is 19.6. The van der Waals surface area contributed by atoms with E-state index in [0.717, 1.165) is 11.1 Å². The first-order chi connectivity index (χ1) is 13.1. The summed E-state index contributed by atoms with van der Waals surface area (Å²) in [4.78, 5) is 25.4. The van der Waals surface area contributed by atoms with Crippen molar-refractivity contribution in [3.63, 3.8) is 0 Å². The molecule has 0 aliphatic rings. The number of anilines is 2. The van der Waals surface area contributed by atoms with E-state index in [4.69, 9.17) is 5.53 Å². The Balaban J connectivity index is 2.23. The van der Waals surface area contributed by atoms with Gasteiger partial charge in [-0.05, 0) is 40.9 Å².